The van der Waals surface area contributed by atoms with Crippen molar-refractivity contribution < 1.29 is 5.11 Å². The Labute approximate surface area is 116 Å². The van der Waals surface area contributed by atoms with Gasteiger partial charge in [0.1, 0.15) is 5.02 Å². The van der Waals surface area contributed by atoms with Crippen LogP contribution in [0.3, 0.4) is 0 Å². The molecule has 10 heteroatoms. The van der Waals surface area contributed by atoms with Gasteiger partial charge in [-0.3, -0.25) is 14.3 Å². The van der Waals surface area contributed by atoms with Crippen molar-refractivity contribution in [1.82, 2.24) is 9.55 Å². The van der Waals surface area contributed by atoms with E-state index in [9.17, 15) is 14.7 Å². The molecule has 1 aliphatic rings. The lowest BCUT2D eigenvalue weighted by molar-refractivity contribution is 0.283. The number of hydrogen-bond donors (Lipinski definition) is 2. The molecule has 2 N–H and O–H groups in total. The van der Waals surface area contributed by atoms with E-state index in [2.05, 4.69) is 15.0 Å². The molecule has 0 radical (unpaired) electrons. The SMILES string of the molecule is [N-]=[N+]=N[C@H]1C[C@H](n2cc(Cl)c(=O)[nH]c2=O)S[C@@H]1CO. The second-order valence-corrected chi connectivity index (χ2v) is 5.79. The first-order valence-corrected chi connectivity index (χ1v) is 6.70. The number of nitrogens with zero attached hydrogens (tertiary/aromatic N) is 4. The Balaban J connectivity index is 2.34. The van der Waals surface area contributed by atoms with E-state index in [1.54, 1.807) is 0 Å². The number of rotatable bonds is 3. The first kappa shape index (κ1) is 14.0. The Bertz CT molecular complexity index is 637. The number of aliphatic hydroxyl groups is 1. The summed E-state index contributed by atoms with van der Waals surface area (Å²) in [5.41, 5.74) is 7.24. The van der Waals surface area contributed by atoms with Crippen LogP contribution in [0.5, 0.6) is 0 Å². The number of aliphatic hydroxyl groups excluding tert-OH is 1. The lowest BCUT2D eigenvalue weighted by atomic mass is 10.1. The first-order valence-electron chi connectivity index (χ1n) is 5.38. The summed E-state index contributed by atoms with van der Waals surface area (Å²) in [4.78, 5) is 27.7. The number of azide groups is 1. The zero-order chi connectivity index (χ0) is 14.0. The van der Waals surface area contributed by atoms with Crippen molar-refractivity contribution in [2.24, 2.45) is 5.11 Å². The predicted octanol–water partition coefficient (Wildman–Crippen LogP) is 0.865. The molecule has 0 unspecified atom stereocenters. The van der Waals surface area contributed by atoms with E-state index < -0.39 is 17.3 Å². The van der Waals surface area contributed by atoms with Crippen molar-refractivity contribution in [2.75, 3.05) is 6.61 Å². The Morgan fingerprint density at radius 1 is 1.68 bits per heavy atom. The number of aromatic nitrogens is 2. The minimum Gasteiger partial charge on any atom is -0.395 e. The minimum atomic E-state index is -0.642. The molecular formula is C9H10ClN5O3S. The summed E-state index contributed by atoms with van der Waals surface area (Å²) in [5, 5.41) is 12.1. The summed E-state index contributed by atoms with van der Waals surface area (Å²) in [6, 6.07) is -0.400. The molecule has 0 amide bonds. The monoisotopic (exact) mass is 303 g/mol. The van der Waals surface area contributed by atoms with Crippen LogP contribution in [0, 0.1) is 0 Å². The van der Waals surface area contributed by atoms with Gasteiger partial charge in [0.25, 0.3) is 5.56 Å². The summed E-state index contributed by atoms with van der Waals surface area (Å²) in [6.07, 6.45) is 1.65. The first-order chi connectivity index (χ1) is 9.06. The van der Waals surface area contributed by atoms with Crippen molar-refractivity contribution in [1.29, 1.82) is 0 Å². The second-order valence-electron chi connectivity index (χ2n) is 3.96. The Kier molecular flexibility index (Phi) is 4.20. The van der Waals surface area contributed by atoms with E-state index in [-0.39, 0.29) is 22.3 Å². The Morgan fingerprint density at radius 3 is 3.05 bits per heavy atom. The van der Waals surface area contributed by atoms with E-state index in [1.807, 2.05) is 0 Å². The van der Waals surface area contributed by atoms with Crippen molar-refractivity contribution in [3.05, 3.63) is 42.5 Å². The van der Waals surface area contributed by atoms with E-state index >= 15 is 0 Å². The highest BCUT2D eigenvalue weighted by molar-refractivity contribution is 8.00. The van der Waals surface area contributed by atoms with Crippen LogP contribution in [0.1, 0.15) is 11.8 Å². The molecule has 1 aromatic rings. The van der Waals surface area contributed by atoms with Gasteiger partial charge in [0.15, 0.2) is 0 Å². The van der Waals surface area contributed by atoms with Gasteiger partial charge < -0.3 is 5.11 Å². The molecule has 2 rings (SSSR count). The van der Waals surface area contributed by atoms with Gasteiger partial charge in [0.2, 0.25) is 0 Å². The maximum absolute atomic E-state index is 11.7. The fourth-order valence-corrected chi connectivity index (χ4v) is 3.50. The molecule has 3 atom stereocenters. The summed E-state index contributed by atoms with van der Waals surface area (Å²) in [7, 11) is 0. The fourth-order valence-electron chi connectivity index (χ4n) is 1.91. The number of nitrogens with one attached hydrogen (secondary N) is 1. The molecule has 1 aromatic heterocycles. The van der Waals surface area contributed by atoms with E-state index in [4.69, 9.17) is 17.1 Å². The van der Waals surface area contributed by atoms with Crippen LogP contribution in [-0.4, -0.2) is 32.6 Å². The molecule has 8 nitrogen and oxygen atoms in total. The van der Waals surface area contributed by atoms with Gasteiger partial charge in [-0.05, 0) is 12.0 Å². The Hall–Kier alpha value is -1.41. The highest BCUT2D eigenvalue weighted by Crippen LogP contribution is 2.42. The van der Waals surface area contributed by atoms with Crippen LogP contribution in [0.2, 0.25) is 5.02 Å². The van der Waals surface area contributed by atoms with Gasteiger partial charge in [0, 0.05) is 16.4 Å². The van der Waals surface area contributed by atoms with E-state index in [0.717, 1.165) is 0 Å². The predicted molar refractivity (Wildman–Crippen MR) is 71.4 cm³/mol. The fraction of sp³-hybridized carbons (Fsp3) is 0.556. The van der Waals surface area contributed by atoms with Crippen LogP contribution in [0.15, 0.2) is 20.9 Å². The second kappa shape index (κ2) is 5.70. The van der Waals surface area contributed by atoms with Crippen LogP contribution in [0.4, 0.5) is 0 Å². The molecule has 1 saturated heterocycles. The van der Waals surface area contributed by atoms with Crippen LogP contribution < -0.4 is 11.2 Å². The van der Waals surface area contributed by atoms with Crippen LogP contribution >= 0.6 is 23.4 Å². The summed E-state index contributed by atoms with van der Waals surface area (Å²) >= 11 is 7.00. The molecule has 2 heterocycles. The third-order valence-electron chi connectivity index (χ3n) is 2.82. The maximum atomic E-state index is 11.7. The number of hydrogen-bond acceptors (Lipinski definition) is 5. The summed E-state index contributed by atoms with van der Waals surface area (Å²) in [6.45, 7) is -0.156. The highest BCUT2D eigenvalue weighted by atomic mass is 35.5. The minimum absolute atomic E-state index is 0.0898. The largest absolute Gasteiger partial charge is 0.395 e. The molecule has 0 bridgehead atoms. The molecule has 0 aromatic carbocycles. The van der Waals surface area contributed by atoms with Crippen molar-refractivity contribution in [3.63, 3.8) is 0 Å². The molecule has 1 fully saturated rings. The molecule has 1 aliphatic heterocycles. The normalized spacial score (nSPS) is 26.1. The molecule has 19 heavy (non-hydrogen) atoms. The topological polar surface area (TPSA) is 124 Å². The zero-order valence-corrected chi connectivity index (χ0v) is 11.1. The lowest BCUT2D eigenvalue weighted by Gasteiger charge is -2.12. The average Bonchev–Trinajstić information content (AvgIpc) is 2.77. The van der Waals surface area contributed by atoms with Crippen molar-refractivity contribution >= 4 is 23.4 Å². The van der Waals surface area contributed by atoms with E-state index in [0.29, 0.717) is 6.42 Å². The quantitative estimate of drug-likeness (QED) is 0.488. The number of H-pyrrole nitrogens is 1. The van der Waals surface area contributed by atoms with Gasteiger partial charge in [-0.2, -0.15) is 0 Å². The van der Waals surface area contributed by atoms with Crippen molar-refractivity contribution in [2.45, 2.75) is 23.1 Å². The van der Waals surface area contributed by atoms with Gasteiger partial charge >= 0.3 is 5.69 Å². The highest BCUT2D eigenvalue weighted by Gasteiger charge is 2.35. The third-order valence-corrected chi connectivity index (χ3v) is 4.63. The molecule has 102 valence electrons. The zero-order valence-electron chi connectivity index (χ0n) is 9.56. The third kappa shape index (κ3) is 2.79. The van der Waals surface area contributed by atoms with Gasteiger partial charge in [-0.25, -0.2) is 4.79 Å². The van der Waals surface area contributed by atoms with E-state index in [1.165, 1.54) is 22.5 Å². The molecule has 0 saturated carbocycles. The molecule has 0 spiro atoms. The smallest absolute Gasteiger partial charge is 0.329 e. The number of halogens is 1. The van der Waals surface area contributed by atoms with Gasteiger partial charge in [-0.15, -0.1) is 11.8 Å². The van der Waals surface area contributed by atoms with Crippen LogP contribution in [0.25, 0.3) is 10.4 Å². The van der Waals surface area contributed by atoms with Crippen LogP contribution in [-0.2, 0) is 0 Å². The number of thioether (sulfide) groups is 1. The van der Waals surface area contributed by atoms with Gasteiger partial charge in [0.05, 0.1) is 18.0 Å². The summed E-state index contributed by atoms with van der Waals surface area (Å²) < 4.78 is 1.28. The number of aromatic amines is 1. The lowest BCUT2D eigenvalue weighted by Crippen LogP contribution is -2.31. The molecular weight excluding hydrogens is 294 g/mol. The van der Waals surface area contributed by atoms with Gasteiger partial charge in [-0.1, -0.05) is 16.7 Å². The standard InChI is InChI=1S/C9H10ClN5O3S/c10-4-2-15(9(18)12-8(4)17)7-1-5(13-14-11)6(3-16)19-7/h2,5-7,16H,1,3H2,(H,12,17,18)/t5-,6+,7+/m0/s1. The van der Waals surface area contributed by atoms with Crippen molar-refractivity contribution in [3.8, 4) is 0 Å². The summed E-state index contributed by atoms with van der Waals surface area (Å²) in [5.74, 6) is 0. The maximum Gasteiger partial charge on any atom is 0.329 e. The average molecular weight is 304 g/mol. The molecule has 0 aliphatic carbocycles. The Morgan fingerprint density at radius 2 is 2.42 bits per heavy atom.